The smallest absolute Gasteiger partial charge is 0.269 e. The number of nitrogens with zero attached hydrogens (tertiary/aromatic N) is 4. The van der Waals surface area contributed by atoms with E-state index in [1.807, 2.05) is 12.1 Å². The first-order chi connectivity index (χ1) is 21.6. The first-order valence-electron chi connectivity index (χ1n) is 15.7. The maximum atomic E-state index is 13.0. The van der Waals surface area contributed by atoms with Gasteiger partial charge in [0.05, 0.1) is 12.2 Å². The highest BCUT2D eigenvalue weighted by atomic mass is 35.5. The molecule has 1 aromatic heterocycles. The van der Waals surface area contributed by atoms with Crippen LogP contribution in [0.1, 0.15) is 76.1 Å². The molecule has 0 bridgehead atoms. The van der Waals surface area contributed by atoms with Crippen molar-refractivity contribution in [1.82, 2.24) is 14.9 Å². The van der Waals surface area contributed by atoms with Crippen LogP contribution >= 0.6 is 11.6 Å². The molecule has 11 heteroatoms. The minimum Gasteiger partial charge on any atom is -0.382 e. The number of anilines is 1. The fourth-order valence-corrected chi connectivity index (χ4v) is 5.92. The SMILES string of the molecule is CN(C)CCCc1ccc(NC(=O)C(N)Cc2ccc(CCCCN=C(N)c3ncc(Cl)nc3C(N)=O)c3c2CCCC3)cc1. The van der Waals surface area contributed by atoms with E-state index in [1.54, 1.807) is 0 Å². The Morgan fingerprint density at radius 3 is 2.33 bits per heavy atom. The molecule has 1 atom stereocenters. The van der Waals surface area contributed by atoms with Crippen LogP contribution in [0.25, 0.3) is 0 Å². The van der Waals surface area contributed by atoms with Crippen LogP contribution < -0.4 is 22.5 Å². The molecule has 3 aromatic rings. The highest BCUT2D eigenvalue weighted by Gasteiger charge is 2.21. The highest BCUT2D eigenvalue weighted by molar-refractivity contribution is 6.29. The van der Waals surface area contributed by atoms with Crippen LogP contribution in [0.5, 0.6) is 0 Å². The molecule has 1 unspecified atom stereocenters. The van der Waals surface area contributed by atoms with E-state index in [-0.39, 0.29) is 28.3 Å². The van der Waals surface area contributed by atoms with Crippen LogP contribution in [0, 0.1) is 0 Å². The van der Waals surface area contributed by atoms with Gasteiger partial charge in [0.15, 0.2) is 5.69 Å². The van der Waals surface area contributed by atoms with Crippen molar-refractivity contribution in [3.8, 4) is 0 Å². The Bertz CT molecular complexity index is 1510. The normalized spacial score (nSPS) is 13.8. The lowest BCUT2D eigenvalue weighted by Gasteiger charge is -2.24. The predicted molar refractivity (Wildman–Crippen MR) is 181 cm³/mol. The predicted octanol–water partition coefficient (Wildman–Crippen LogP) is 3.84. The van der Waals surface area contributed by atoms with E-state index < -0.39 is 11.9 Å². The number of halogens is 1. The van der Waals surface area contributed by atoms with E-state index in [4.69, 9.17) is 28.8 Å². The second-order valence-electron chi connectivity index (χ2n) is 11.9. The summed E-state index contributed by atoms with van der Waals surface area (Å²) in [4.78, 5) is 39.3. The van der Waals surface area contributed by atoms with Gasteiger partial charge in [0.25, 0.3) is 5.91 Å². The van der Waals surface area contributed by atoms with Crippen LogP contribution in [0.2, 0.25) is 5.15 Å². The number of hydrogen-bond acceptors (Lipinski definition) is 7. The van der Waals surface area contributed by atoms with Gasteiger partial charge in [-0.15, -0.1) is 0 Å². The molecule has 2 aromatic carbocycles. The average molecular weight is 633 g/mol. The van der Waals surface area contributed by atoms with E-state index in [0.717, 1.165) is 70.0 Å². The fraction of sp³-hybridized carbons (Fsp3) is 0.441. The van der Waals surface area contributed by atoms with Gasteiger partial charge in [-0.25, -0.2) is 9.97 Å². The zero-order valence-corrected chi connectivity index (χ0v) is 27.1. The van der Waals surface area contributed by atoms with Gasteiger partial charge in [0.2, 0.25) is 5.91 Å². The standard InChI is InChI=1S/C34H45ClN8O2/c1-43(2)19-7-8-22-12-16-25(17-13-22)41-34(45)28(36)20-24-15-14-23(26-10-3-4-11-27(24)26)9-5-6-18-39-32(37)30-31(33(38)44)42-29(35)21-40-30/h12-17,21,28H,3-11,18-20,36H2,1-2H3,(H2,37,39)(H2,38,44)(H,41,45). The largest absolute Gasteiger partial charge is 0.382 e. The van der Waals surface area contributed by atoms with Gasteiger partial charge in [0, 0.05) is 12.2 Å². The lowest BCUT2D eigenvalue weighted by Crippen LogP contribution is -2.37. The summed E-state index contributed by atoms with van der Waals surface area (Å²) in [7, 11) is 4.16. The molecule has 0 saturated carbocycles. The molecule has 7 N–H and O–H groups in total. The lowest BCUT2D eigenvalue weighted by molar-refractivity contribution is -0.117. The monoisotopic (exact) mass is 632 g/mol. The molecule has 240 valence electrons. The maximum absolute atomic E-state index is 13.0. The van der Waals surface area contributed by atoms with Crippen molar-refractivity contribution in [2.75, 3.05) is 32.5 Å². The van der Waals surface area contributed by atoms with Gasteiger partial charge in [-0.05, 0) is 125 Å². The summed E-state index contributed by atoms with van der Waals surface area (Å²) in [6, 6.07) is 11.8. The summed E-state index contributed by atoms with van der Waals surface area (Å²) in [6.07, 6.45) is 10.9. The number of fused-ring (bicyclic) bond motifs is 1. The number of amides is 2. The Kier molecular flexibility index (Phi) is 12.4. The topological polar surface area (TPSA) is 166 Å². The first-order valence-corrected chi connectivity index (χ1v) is 16.1. The Hall–Kier alpha value is -3.86. The van der Waals surface area contributed by atoms with Crippen LogP contribution in [0.3, 0.4) is 0 Å². The van der Waals surface area contributed by atoms with Gasteiger partial charge in [-0.1, -0.05) is 35.9 Å². The van der Waals surface area contributed by atoms with Gasteiger partial charge >= 0.3 is 0 Å². The number of aromatic nitrogens is 2. The van der Waals surface area contributed by atoms with Crippen molar-refractivity contribution in [3.05, 3.63) is 87.0 Å². The number of carbonyl (C=O) groups excluding carboxylic acids is 2. The molecule has 1 heterocycles. The Balaban J connectivity index is 1.31. The number of carbonyl (C=O) groups is 2. The lowest BCUT2D eigenvalue weighted by atomic mass is 9.82. The van der Waals surface area contributed by atoms with Crippen molar-refractivity contribution >= 4 is 34.9 Å². The quantitative estimate of drug-likeness (QED) is 0.112. The van der Waals surface area contributed by atoms with E-state index in [2.05, 4.69) is 63.5 Å². The van der Waals surface area contributed by atoms with Crippen molar-refractivity contribution < 1.29 is 9.59 Å². The van der Waals surface area contributed by atoms with Gasteiger partial charge in [-0.3, -0.25) is 14.6 Å². The zero-order chi connectivity index (χ0) is 32.3. The second-order valence-corrected chi connectivity index (χ2v) is 12.3. The van der Waals surface area contributed by atoms with Gasteiger partial charge in [-0.2, -0.15) is 0 Å². The third-order valence-corrected chi connectivity index (χ3v) is 8.34. The van der Waals surface area contributed by atoms with Crippen molar-refractivity contribution in [2.45, 2.75) is 70.3 Å². The number of amidine groups is 1. The number of nitrogens with two attached hydrogens (primary N) is 3. The zero-order valence-electron chi connectivity index (χ0n) is 26.3. The molecule has 0 saturated heterocycles. The van der Waals surface area contributed by atoms with Crippen LogP contribution in [0.4, 0.5) is 5.69 Å². The molecule has 0 fully saturated rings. The van der Waals surface area contributed by atoms with Crippen LogP contribution in [0.15, 0.2) is 47.6 Å². The van der Waals surface area contributed by atoms with Gasteiger partial charge < -0.3 is 27.4 Å². The fourth-order valence-electron chi connectivity index (χ4n) is 5.79. The molecule has 1 aliphatic carbocycles. The number of primary amides is 1. The molecule has 0 aliphatic heterocycles. The van der Waals surface area contributed by atoms with E-state index in [0.29, 0.717) is 13.0 Å². The summed E-state index contributed by atoms with van der Waals surface area (Å²) in [5.74, 6) is -0.816. The number of benzene rings is 2. The average Bonchev–Trinajstić information content (AvgIpc) is 3.02. The Labute approximate surface area is 270 Å². The summed E-state index contributed by atoms with van der Waals surface area (Å²) in [5, 5.41) is 3.06. The minimum atomic E-state index is -0.760. The van der Waals surface area contributed by atoms with E-state index in [1.165, 1.54) is 34.0 Å². The third-order valence-electron chi connectivity index (χ3n) is 8.15. The minimum absolute atomic E-state index is 0.0623. The molecule has 4 rings (SSSR count). The number of aryl methyl sites for hydroxylation is 2. The molecule has 0 radical (unpaired) electrons. The summed E-state index contributed by atoms with van der Waals surface area (Å²) in [6.45, 7) is 1.53. The van der Waals surface area contributed by atoms with Crippen LogP contribution in [-0.4, -0.2) is 65.7 Å². The maximum Gasteiger partial charge on any atom is 0.269 e. The molecule has 10 nitrogen and oxygen atoms in total. The third kappa shape index (κ3) is 9.81. The van der Waals surface area contributed by atoms with Crippen LogP contribution in [-0.2, 0) is 36.9 Å². The summed E-state index contributed by atoms with van der Waals surface area (Å²) < 4.78 is 0. The number of aliphatic imine (C=N–C) groups is 1. The van der Waals surface area contributed by atoms with Crippen molar-refractivity contribution in [1.29, 1.82) is 0 Å². The summed E-state index contributed by atoms with van der Waals surface area (Å²) >= 11 is 5.83. The first kappa shape index (κ1) is 34.0. The van der Waals surface area contributed by atoms with Crippen molar-refractivity contribution in [2.24, 2.45) is 22.2 Å². The number of unbranched alkanes of at least 4 members (excludes halogenated alkanes) is 1. The molecule has 2 amide bonds. The number of hydrogen-bond donors (Lipinski definition) is 4. The molecule has 1 aliphatic rings. The van der Waals surface area contributed by atoms with Crippen molar-refractivity contribution in [3.63, 3.8) is 0 Å². The second kappa shape index (κ2) is 16.5. The Morgan fingerprint density at radius 1 is 0.956 bits per heavy atom. The molecule has 45 heavy (non-hydrogen) atoms. The molecular formula is C34H45ClN8O2. The van der Waals surface area contributed by atoms with E-state index in [9.17, 15) is 9.59 Å². The number of rotatable bonds is 15. The molecule has 0 spiro atoms. The summed E-state index contributed by atoms with van der Waals surface area (Å²) in [5.41, 5.74) is 25.2. The van der Waals surface area contributed by atoms with E-state index >= 15 is 0 Å². The number of nitrogens with one attached hydrogen (secondary N) is 1. The Morgan fingerprint density at radius 2 is 1.64 bits per heavy atom. The van der Waals surface area contributed by atoms with Gasteiger partial charge in [0.1, 0.15) is 16.7 Å². The molecular weight excluding hydrogens is 588 g/mol. The highest BCUT2D eigenvalue weighted by Crippen LogP contribution is 2.29.